The fourth-order valence-electron chi connectivity index (χ4n) is 1.87. The third kappa shape index (κ3) is 3.69. The molecule has 2 aromatic rings. The third-order valence-electron chi connectivity index (χ3n) is 2.99. The van der Waals surface area contributed by atoms with Crippen molar-refractivity contribution >= 4 is 23.3 Å². The topological polar surface area (TPSA) is 98.5 Å². The minimum Gasteiger partial charge on any atom is -0.465 e. The zero-order chi connectivity index (χ0) is 17.9. The van der Waals surface area contributed by atoms with Crippen LogP contribution >= 0.6 is 0 Å². The Labute approximate surface area is 134 Å². The van der Waals surface area contributed by atoms with E-state index in [9.17, 15) is 28.5 Å². The lowest BCUT2D eigenvalue weighted by atomic mass is 10.1. The number of nitro groups is 1. The van der Waals surface area contributed by atoms with Gasteiger partial charge in [0.2, 0.25) is 0 Å². The summed E-state index contributed by atoms with van der Waals surface area (Å²) < 4.78 is 30.9. The van der Waals surface area contributed by atoms with Gasteiger partial charge in [0, 0.05) is 23.8 Å². The van der Waals surface area contributed by atoms with E-state index in [0.29, 0.717) is 6.07 Å². The van der Waals surface area contributed by atoms with E-state index in [1.54, 1.807) is 0 Å². The Hall–Kier alpha value is -3.36. The number of non-ortho nitro benzene ring substituents is 1. The van der Waals surface area contributed by atoms with Gasteiger partial charge in [-0.2, -0.15) is 0 Å². The first kappa shape index (κ1) is 17.0. The second kappa shape index (κ2) is 6.82. The molecule has 9 heteroatoms. The number of hydrogen-bond donors (Lipinski definition) is 1. The summed E-state index contributed by atoms with van der Waals surface area (Å²) in [6, 6.07) is 5.44. The summed E-state index contributed by atoms with van der Waals surface area (Å²) in [4.78, 5) is 33.8. The fraction of sp³-hybridized carbons (Fsp3) is 0.0667. The highest BCUT2D eigenvalue weighted by atomic mass is 19.1. The number of rotatable bonds is 4. The van der Waals surface area contributed by atoms with Gasteiger partial charge >= 0.3 is 5.97 Å². The number of methoxy groups -OCH3 is 1. The molecule has 0 aromatic heterocycles. The lowest BCUT2D eigenvalue weighted by Gasteiger charge is -2.08. The van der Waals surface area contributed by atoms with Crippen molar-refractivity contribution in [3.05, 3.63) is 69.3 Å². The van der Waals surface area contributed by atoms with Crippen molar-refractivity contribution in [3.63, 3.8) is 0 Å². The van der Waals surface area contributed by atoms with Crippen molar-refractivity contribution in [1.82, 2.24) is 0 Å². The minimum absolute atomic E-state index is 0.212. The van der Waals surface area contributed by atoms with E-state index in [2.05, 4.69) is 10.1 Å². The molecular weight excluding hydrogens is 326 g/mol. The molecule has 2 aromatic carbocycles. The van der Waals surface area contributed by atoms with Crippen LogP contribution in [0.15, 0.2) is 36.4 Å². The SMILES string of the molecule is COC(=O)c1cc(C(=O)Nc2ccc(F)cc2F)cc([N+](=O)[O-])c1. The number of nitrogens with zero attached hydrogens (tertiary/aromatic N) is 1. The second-order valence-corrected chi connectivity index (χ2v) is 4.60. The number of amides is 1. The molecule has 0 aliphatic heterocycles. The van der Waals surface area contributed by atoms with Crippen LogP contribution in [-0.4, -0.2) is 23.9 Å². The molecule has 0 saturated heterocycles. The summed E-state index contributed by atoms with van der Waals surface area (Å²) in [6.45, 7) is 0. The Bertz CT molecular complexity index is 839. The number of benzene rings is 2. The first-order valence-corrected chi connectivity index (χ1v) is 6.46. The van der Waals surface area contributed by atoms with Crippen molar-refractivity contribution in [2.45, 2.75) is 0 Å². The van der Waals surface area contributed by atoms with Crippen molar-refractivity contribution in [2.24, 2.45) is 0 Å². The lowest BCUT2D eigenvalue weighted by Crippen LogP contribution is -2.15. The van der Waals surface area contributed by atoms with Crippen LogP contribution in [0, 0.1) is 21.7 Å². The maximum absolute atomic E-state index is 13.6. The van der Waals surface area contributed by atoms with Gasteiger partial charge in [0.15, 0.2) is 0 Å². The number of nitrogens with one attached hydrogen (secondary N) is 1. The van der Waals surface area contributed by atoms with Crippen LogP contribution in [0.2, 0.25) is 0 Å². The van der Waals surface area contributed by atoms with E-state index in [1.807, 2.05) is 0 Å². The first-order valence-electron chi connectivity index (χ1n) is 6.46. The van der Waals surface area contributed by atoms with Gasteiger partial charge in [0.1, 0.15) is 11.6 Å². The highest BCUT2D eigenvalue weighted by Gasteiger charge is 2.19. The zero-order valence-electron chi connectivity index (χ0n) is 12.2. The smallest absolute Gasteiger partial charge is 0.338 e. The summed E-state index contributed by atoms with van der Waals surface area (Å²) in [6.07, 6.45) is 0. The van der Waals surface area contributed by atoms with Gasteiger partial charge in [0.25, 0.3) is 11.6 Å². The van der Waals surface area contributed by atoms with E-state index in [-0.39, 0.29) is 16.8 Å². The van der Waals surface area contributed by atoms with Gasteiger partial charge in [-0.1, -0.05) is 0 Å². The van der Waals surface area contributed by atoms with Crippen LogP contribution < -0.4 is 5.32 Å². The van der Waals surface area contributed by atoms with E-state index < -0.39 is 34.1 Å². The average molecular weight is 336 g/mol. The van der Waals surface area contributed by atoms with E-state index in [4.69, 9.17) is 0 Å². The Balaban J connectivity index is 2.39. The van der Waals surface area contributed by atoms with Crippen LogP contribution in [-0.2, 0) is 4.74 Å². The summed E-state index contributed by atoms with van der Waals surface area (Å²) in [5.41, 5.74) is -1.29. The molecule has 7 nitrogen and oxygen atoms in total. The van der Waals surface area contributed by atoms with Crippen LogP contribution in [0.4, 0.5) is 20.2 Å². The second-order valence-electron chi connectivity index (χ2n) is 4.60. The molecule has 0 unspecified atom stereocenters. The van der Waals surface area contributed by atoms with Gasteiger partial charge in [-0.15, -0.1) is 0 Å². The van der Waals surface area contributed by atoms with Gasteiger partial charge in [-0.05, 0) is 18.2 Å². The summed E-state index contributed by atoms with van der Waals surface area (Å²) in [5.74, 6) is -3.62. The average Bonchev–Trinajstić information content (AvgIpc) is 2.56. The molecular formula is C15H10F2N2O5. The molecule has 0 aliphatic rings. The largest absolute Gasteiger partial charge is 0.465 e. The van der Waals surface area contributed by atoms with Gasteiger partial charge < -0.3 is 10.1 Å². The molecule has 0 atom stereocenters. The molecule has 124 valence electrons. The molecule has 24 heavy (non-hydrogen) atoms. The Morgan fingerprint density at radius 1 is 1.12 bits per heavy atom. The Morgan fingerprint density at radius 3 is 2.38 bits per heavy atom. The van der Waals surface area contributed by atoms with Gasteiger partial charge in [-0.3, -0.25) is 14.9 Å². The Kier molecular flexibility index (Phi) is 4.83. The summed E-state index contributed by atoms with van der Waals surface area (Å²) in [7, 11) is 1.08. The van der Waals surface area contributed by atoms with Gasteiger partial charge in [0.05, 0.1) is 23.3 Å². The highest BCUT2D eigenvalue weighted by Crippen LogP contribution is 2.21. The maximum atomic E-state index is 13.6. The monoisotopic (exact) mass is 336 g/mol. The van der Waals surface area contributed by atoms with Crippen LogP contribution in [0.3, 0.4) is 0 Å². The van der Waals surface area contributed by atoms with Crippen molar-refractivity contribution in [1.29, 1.82) is 0 Å². The molecule has 0 heterocycles. The van der Waals surface area contributed by atoms with Crippen molar-refractivity contribution in [3.8, 4) is 0 Å². The van der Waals surface area contributed by atoms with E-state index >= 15 is 0 Å². The number of ether oxygens (including phenoxy) is 1. The predicted octanol–water partition coefficient (Wildman–Crippen LogP) is 2.91. The molecule has 0 bridgehead atoms. The van der Waals surface area contributed by atoms with Crippen molar-refractivity contribution < 1.29 is 28.0 Å². The fourth-order valence-corrected chi connectivity index (χ4v) is 1.87. The first-order chi connectivity index (χ1) is 11.3. The molecule has 0 fully saturated rings. The highest BCUT2D eigenvalue weighted by molar-refractivity contribution is 6.06. The predicted molar refractivity (Wildman–Crippen MR) is 78.7 cm³/mol. The normalized spacial score (nSPS) is 10.1. The van der Waals surface area contributed by atoms with Crippen molar-refractivity contribution in [2.75, 3.05) is 12.4 Å². The lowest BCUT2D eigenvalue weighted by molar-refractivity contribution is -0.384. The number of esters is 1. The van der Waals surface area contributed by atoms with E-state index in [1.165, 1.54) is 0 Å². The summed E-state index contributed by atoms with van der Waals surface area (Å²) in [5, 5.41) is 13.1. The molecule has 2 rings (SSSR count). The van der Waals surface area contributed by atoms with Crippen LogP contribution in [0.25, 0.3) is 0 Å². The standard InChI is InChI=1S/C15H10F2N2O5/c1-24-15(21)9-4-8(5-11(6-9)19(22)23)14(20)18-13-3-2-10(16)7-12(13)17/h2-7H,1H3,(H,18,20). The minimum atomic E-state index is -1.01. The molecule has 0 saturated carbocycles. The number of hydrogen-bond acceptors (Lipinski definition) is 5. The number of anilines is 1. The number of carbonyl (C=O) groups excluding carboxylic acids is 2. The third-order valence-corrected chi connectivity index (χ3v) is 2.99. The van der Waals surface area contributed by atoms with Crippen LogP contribution in [0.1, 0.15) is 20.7 Å². The Morgan fingerprint density at radius 2 is 1.79 bits per heavy atom. The number of nitro benzene ring substituents is 1. The molecule has 0 aliphatic carbocycles. The zero-order valence-corrected chi connectivity index (χ0v) is 12.2. The quantitative estimate of drug-likeness (QED) is 0.526. The molecule has 1 amide bonds. The van der Waals surface area contributed by atoms with Crippen LogP contribution in [0.5, 0.6) is 0 Å². The van der Waals surface area contributed by atoms with Gasteiger partial charge in [-0.25, -0.2) is 13.6 Å². The number of halogens is 2. The maximum Gasteiger partial charge on any atom is 0.338 e. The number of carbonyl (C=O) groups is 2. The van der Waals surface area contributed by atoms with E-state index in [0.717, 1.165) is 37.4 Å². The molecule has 0 spiro atoms. The molecule has 1 N–H and O–H groups in total. The summed E-state index contributed by atoms with van der Waals surface area (Å²) >= 11 is 0. The molecule has 0 radical (unpaired) electrons.